The predicted molar refractivity (Wildman–Crippen MR) is 82.1 cm³/mol. The molecule has 116 valence electrons. The molecular formula is C17H24O4. The van der Waals surface area contributed by atoms with Gasteiger partial charge in [0.1, 0.15) is 0 Å². The molecule has 4 heteroatoms. The van der Waals surface area contributed by atoms with Gasteiger partial charge in [-0.2, -0.15) is 0 Å². The minimum absolute atomic E-state index is 0.0489. The lowest BCUT2D eigenvalue weighted by atomic mass is 10.00. The molecular weight excluding hydrogens is 268 g/mol. The Balaban J connectivity index is 2.50. The highest BCUT2D eigenvalue weighted by Gasteiger charge is 2.11. The van der Waals surface area contributed by atoms with E-state index in [4.69, 9.17) is 10.2 Å². The smallest absolute Gasteiger partial charge is 0.335 e. The van der Waals surface area contributed by atoms with Gasteiger partial charge in [0.15, 0.2) is 0 Å². The van der Waals surface area contributed by atoms with Crippen molar-refractivity contribution in [3.8, 4) is 0 Å². The van der Waals surface area contributed by atoms with E-state index < -0.39 is 11.9 Å². The van der Waals surface area contributed by atoms with Gasteiger partial charge >= 0.3 is 11.9 Å². The Morgan fingerprint density at radius 2 is 1.29 bits per heavy atom. The van der Waals surface area contributed by atoms with Crippen molar-refractivity contribution in [3.05, 3.63) is 34.9 Å². The van der Waals surface area contributed by atoms with Crippen molar-refractivity contribution < 1.29 is 19.8 Å². The van der Waals surface area contributed by atoms with E-state index in [1.165, 1.54) is 38.2 Å². The lowest BCUT2D eigenvalue weighted by Gasteiger charge is -2.06. The maximum absolute atomic E-state index is 11.0. The first-order chi connectivity index (χ1) is 10.0. The van der Waals surface area contributed by atoms with E-state index in [1.807, 2.05) is 0 Å². The number of rotatable bonds is 10. The van der Waals surface area contributed by atoms with Gasteiger partial charge in [-0.25, -0.2) is 9.59 Å². The summed E-state index contributed by atoms with van der Waals surface area (Å²) in [6.07, 6.45) is 9.01. The van der Waals surface area contributed by atoms with Crippen molar-refractivity contribution in [3.63, 3.8) is 0 Å². The number of carbonyl (C=O) groups is 2. The minimum atomic E-state index is -1.08. The van der Waals surface area contributed by atoms with Crippen LogP contribution in [0, 0.1) is 0 Å². The quantitative estimate of drug-likeness (QED) is 0.628. The van der Waals surface area contributed by atoms with Gasteiger partial charge in [-0.15, -0.1) is 0 Å². The zero-order valence-corrected chi connectivity index (χ0v) is 12.6. The molecule has 0 heterocycles. The van der Waals surface area contributed by atoms with Crippen LogP contribution >= 0.6 is 0 Å². The first kappa shape index (κ1) is 17.2. The SMILES string of the molecule is CCCCCCCCCc1cc(C(=O)O)cc(C(=O)O)c1. The molecule has 0 saturated heterocycles. The summed E-state index contributed by atoms with van der Waals surface area (Å²) in [6, 6.07) is 4.36. The minimum Gasteiger partial charge on any atom is -0.478 e. The number of carboxylic acid groups (broad SMARTS) is 2. The Kier molecular flexibility index (Phi) is 7.51. The Morgan fingerprint density at radius 3 is 1.76 bits per heavy atom. The summed E-state index contributed by atoms with van der Waals surface area (Å²) in [5.74, 6) is -2.17. The van der Waals surface area contributed by atoms with Crippen LogP contribution in [0.1, 0.15) is 78.1 Å². The molecule has 1 aromatic rings. The van der Waals surface area contributed by atoms with E-state index in [2.05, 4.69) is 6.92 Å². The van der Waals surface area contributed by atoms with Gasteiger partial charge in [0.25, 0.3) is 0 Å². The molecule has 0 spiro atoms. The van der Waals surface area contributed by atoms with Crippen LogP contribution in [0.4, 0.5) is 0 Å². The van der Waals surface area contributed by atoms with Crippen LogP contribution in [-0.2, 0) is 6.42 Å². The van der Waals surface area contributed by atoms with Crippen LogP contribution in [0.5, 0.6) is 0 Å². The molecule has 0 radical (unpaired) electrons. The highest BCUT2D eigenvalue weighted by atomic mass is 16.4. The van der Waals surface area contributed by atoms with E-state index >= 15 is 0 Å². The summed E-state index contributed by atoms with van der Waals surface area (Å²) < 4.78 is 0. The van der Waals surface area contributed by atoms with Gasteiger partial charge in [-0.3, -0.25) is 0 Å². The maximum Gasteiger partial charge on any atom is 0.335 e. The van der Waals surface area contributed by atoms with E-state index in [0.717, 1.165) is 24.8 Å². The first-order valence-corrected chi connectivity index (χ1v) is 7.65. The van der Waals surface area contributed by atoms with Crippen molar-refractivity contribution in [2.75, 3.05) is 0 Å². The number of hydrogen-bond donors (Lipinski definition) is 2. The molecule has 0 fully saturated rings. The van der Waals surface area contributed by atoms with Crippen LogP contribution < -0.4 is 0 Å². The fraction of sp³-hybridized carbons (Fsp3) is 0.529. The molecule has 0 bridgehead atoms. The Labute approximate surface area is 125 Å². The summed E-state index contributed by atoms with van der Waals surface area (Å²) in [5, 5.41) is 18.0. The van der Waals surface area contributed by atoms with Crippen LogP contribution in [-0.4, -0.2) is 22.2 Å². The molecule has 0 aliphatic carbocycles. The van der Waals surface area contributed by atoms with Gasteiger partial charge in [0.2, 0.25) is 0 Å². The van der Waals surface area contributed by atoms with Crippen LogP contribution in [0.2, 0.25) is 0 Å². The van der Waals surface area contributed by atoms with Gasteiger partial charge < -0.3 is 10.2 Å². The number of aryl methyl sites for hydroxylation is 1. The summed E-state index contributed by atoms with van der Waals surface area (Å²) >= 11 is 0. The van der Waals surface area contributed by atoms with E-state index in [-0.39, 0.29) is 11.1 Å². The number of aromatic carboxylic acids is 2. The largest absolute Gasteiger partial charge is 0.478 e. The van der Waals surface area contributed by atoms with Crippen LogP contribution in [0.25, 0.3) is 0 Å². The molecule has 2 N–H and O–H groups in total. The fourth-order valence-corrected chi connectivity index (χ4v) is 2.37. The fourth-order valence-electron chi connectivity index (χ4n) is 2.37. The lowest BCUT2D eigenvalue weighted by Crippen LogP contribution is -2.04. The van der Waals surface area contributed by atoms with Gasteiger partial charge in [0, 0.05) is 0 Å². The first-order valence-electron chi connectivity index (χ1n) is 7.65. The van der Waals surface area contributed by atoms with Crippen molar-refractivity contribution in [1.82, 2.24) is 0 Å². The zero-order chi connectivity index (χ0) is 15.7. The topological polar surface area (TPSA) is 74.6 Å². The van der Waals surface area contributed by atoms with Gasteiger partial charge in [0.05, 0.1) is 11.1 Å². The molecule has 21 heavy (non-hydrogen) atoms. The number of hydrogen-bond acceptors (Lipinski definition) is 2. The number of unbranched alkanes of at least 4 members (excludes halogenated alkanes) is 6. The predicted octanol–water partition coefficient (Wildman–Crippen LogP) is 4.38. The second kappa shape index (κ2) is 9.16. The Morgan fingerprint density at radius 1 is 0.810 bits per heavy atom. The average molecular weight is 292 g/mol. The third-order valence-corrected chi connectivity index (χ3v) is 3.56. The Bertz CT molecular complexity index is 447. The third-order valence-electron chi connectivity index (χ3n) is 3.56. The Hall–Kier alpha value is -1.84. The molecule has 0 aliphatic rings. The van der Waals surface area contributed by atoms with Gasteiger partial charge in [-0.05, 0) is 36.6 Å². The molecule has 0 amide bonds. The second-order valence-electron chi connectivity index (χ2n) is 5.40. The maximum atomic E-state index is 11.0. The number of carboxylic acids is 2. The summed E-state index contributed by atoms with van der Waals surface area (Å²) in [6.45, 7) is 2.19. The summed E-state index contributed by atoms with van der Waals surface area (Å²) in [7, 11) is 0. The van der Waals surface area contributed by atoms with E-state index in [9.17, 15) is 9.59 Å². The van der Waals surface area contributed by atoms with Crippen LogP contribution in [0.15, 0.2) is 18.2 Å². The van der Waals surface area contributed by atoms with E-state index in [1.54, 1.807) is 12.1 Å². The van der Waals surface area contributed by atoms with Gasteiger partial charge in [-0.1, -0.05) is 45.4 Å². The molecule has 1 aromatic carbocycles. The molecule has 0 unspecified atom stereocenters. The molecule has 0 atom stereocenters. The normalized spacial score (nSPS) is 10.5. The van der Waals surface area contributed by atoms with E-state index in [0.29, 0.717) is 0 Å². The summed E-state index contributed by atoms with van der Waals surface area (Å²) in [5.41, 5.74) is 0.890. The highest BCUT2D eigenvalue weighted by molar-refractivity contribution is 5.94. The van der Waals surface area contributed by atoms with Crippen molar-refractivity contribution in [2.24, 2.45) is 0 Å². The third kappa shape index (κ3) is 6.43. The standard InChI is InChI=1S/C17H24O4/c1-2-3-4-5-6-7-8-9-13-10-14(16(18)19)12-15(11-13)17(20)21/h10-12H,2-9H2,1H3,(H,18,19)(H,20,21). The van der Waals surface area contributed by atoms with Crippen LogP contribution in [0.3, 0.4) is 0 Å². The van der Waals surface area contributed by atoms with Crippen molar-refractivity contribution in [1.29, 1.82) is 0 Å². The summed E-state index contributed by atoms with van der Waals surface area (Å²) in [4.78, 5) is 22.0. The van der Waals surface area contributed by atoms with Crippen molar-refractivity contribution in [2.45, 2.75) is 58.3 Å². The molecule has 4 nitrogen and oxygen atoms in total. The zero-order valence-electron chi connectivity index (χ0n) is 12.6. The monoisotopic (exact) mass is 292 g/mol. The molecule has 1 rings (SSSR count). The number of benzene rings is 1. The molecule has 0 aromatic heterocycles. The average Bonchev–Trinajstić information content (AvgIpc) is 2.46. The highest BCUT2D eigenvalue weighted by Crippen LogP contribution is 2.15. The molecule has 0 aliphatic heterocycles. The molecule has 0 saturated carbocycles. The second-order valence-corrected chi connectivity index (χ2v) is 5.40. The van der Waals surface area contributed by atoms with Crippen molar-refractivity contribution >= 4 is 11.9 Å². The lowest BCUT2D eigenvalue weighted by molar-refractivity contribution is 0.0696.